The molecule has 6 aromatic carbocycles. The summed E-state index contributed by atoms with van der Waals surface area (Å²) in [6, 6.07) is 35.5. The van der Waals surface area contributed by atoms with Crippen LogP contribution in [-0.2, 0) is 14.3 Å². The van der Waals surface area contributed by atoms with Gasteiger partial charge in [0.25, 0.3) is 0 Å². The van der Waals surface area contributed by atoms with Gasteiger partial charge >= 0.3 is 17.9 Å². The van der Waals surface area contributed by atoms with Gasteiger partial charge in [0.1, 0.15) is 6.10 Å². The fraction of sp³-hybridized carbons (Fsp3) is 0.354. The molecule has 0 saturated heterocycles. The van der Waals surface area contributed by atoms with E-state index in [-0.39, 0.29) is 18.5 Å². The lowest BCUT2D eigenvalue weighted by Crippen LogP contribution is -2.27. The van der Waals surface area contributed by atoms with Crippen molar-refractivity contribution >= 4 is 61.0 Å². The summed E-state index contributed by atoms with van der Waals surface area (Å²) in [7, 11) is 0. The second-order valence-corrected chi connectivity index (χ2v) is 14.5. The number of hydrogen-bond donors (Lipinski definition) is 1. The molecule has 0 heterocycles. The van der Waals surface area contributed by atoms with Gasteiger partial charge in [-0.3, -0.25) is 0 Å². The molecule has 0 radical (unpaired) electrons. The summed E-state index contributed by atoms with van der Waals surface area (Å²) >= 11 is 0. The average molecular weight is 725 g/mol. The van der Waals surface area contributed by atoms with E-state index in [1.54, 1.807) is 0 Å². The molecule has 6 rings (SSSR count). The summed E-state index contributed by atoms with van der Waals surface area (Å²) in [5, 5.41) is 17.2. The van der Waals surface area contributed by atoms with Crippen molar-refractivity contribution in [3.05, 3.63) is 120 Å². The Morgan fingerprint density at radius 1 is 0.481 bits per heavy atom. The Balaban J connectivity index is 0.967. The van der Waals surface area contributed by atoms with Crippen molar-refractivity contribution in [3.8, 4) is 0 Å². The van der Waals surface area contributed by atoms with Gasteiger partial charge in [0.2, 0.25) is 0 Å². The van der Waals surface area contributed by atoms with Crippen LogP contribution in [-0.4, -0.2) is 35.2 Å². The number of benzene rings is 6. The van der Waals surface area contributed by atoms with Crippen LogP contribution in [0.15, 0.2) is 109 Å². The van der Waals surface area contributed by atoms with E-state index in [2.05, 4.69) is 25.1 Å². The number of carbonyl (C=O) groups excluding carboxylic acids is 2. The molecule has 6 nitrogen and oxygen atoms in total. The summed E-state index contributed by atoms with van der Waals surface area (Å²) in [5.74, 6) is -1.96. The van der Waals surface area contributed by atoms with Gasteiger partial charge in [-0.2, -0.15) is 0 Å². The maximum Gasteiger partial charge on any atom is 0.345 e. The van der Waals surface area contributed by atoms with Crippen LogP contribution in [0.3, 0.4) is 0 Å². The lowest BCUT2D eigenvalue weighted by atomic mass is 9.96. The molecule has 0 bridgehead atoms. The molecule has 6 heteroatoms. The highest BCUT2D eigenvalue weighted by molar-refractivity contribution is 6.17. The quantitative estimate of drug-likeness (QED) is 0.0479. The highest BCUT2D eigenvalue weighted by Gasteiger charge is 2.25. The zero-order valence-corrected chi connectivity index (χ0v) is 31.4. The van der Waals surface area contributed by atoms with E-state index in [9.17, 15) is 19.5 Å². The van der Waals surface area contributed by atoms with Gasteiger partial charge in [-0.05, 0) is 93.7 Å². The fourth-order valence-corrected chi connectivity index (χ4v) is 7.75. The van der Waals surface area contributed by atoms with E-state index in [4.69, 9.17) is 9.47 Å². The van der Waals surface area contributed by atoms with Gasteiger partial charge in [0.15, 0.2) is 6.10 Å². The molecular formula is C48H52O6. The Morgan fingerprint density at radius 2 is 0.833 bits per heavy atom. The predicted molar refractivity (Wildman–Crippen MR) is 219 cm³/mol. The Morgan fingerprint density at radius 3 is 1.24 bits per heavy atom. The van der Waals surface area contributed by atoms with Crippen LogP contribution >= 0.6 is 0 Å². The maximum absolute atomic E-state index is 13.8. The minimum Gasteiger partial charge on any atom is -0.479 e. The Labute approximate surface area is 318 Å². The molecule has 0 aliphatic heterocycles. The standard InChI is InChI=1S/C48H52O6/c1-2-3-4-10-25-38(53-47(51)44-39-27-17-13-21-34(39)32-35-22-14-18-28-40(35)44)26-11-8-6-5-7-9-12-31-43(46(49)50)54-48(52)45-41-29-19-15-23-36(41)33-37-24-16-20-30-42(37)45/h13-24,27-30,32-33,38,43H,2-12,25-26,31H2,1H3,(H,49,50). The third-order valence-corrected chi connectivity index (χ3v) is 10.6. The van der Waals surface area contributed by atoms with Crippen LogP contribution in [0.1, 0.15) is 118 Å². The Bertz CT molecular complexity index is 2100. The number of carboxylic acids is 1. The van der Waals surface area contributed by atoms with E-state index >= 15 is 0 Å². The molecule has 0 spiro atoms. The third-order valence-electron chi connectivity index (χ3n) is 10.6. The van der Waals surface area contributed by atoms with E-state index in [1.807, 2.05) is 91.0 Å². The van der Waals surface area contributed by atoms with E-state index in [0.717, 1.165) is 114 Å². The van der Waals surface area contributed by atoms with E-state index in [1.165, 1.54) is 6.42 Å². The first kappa shape index (κ1) is 38.5. The first-order chi connectivity index (χ1) is 26.4. The van der Waals surface area contributed by atoms with Gasteiger partial charge < -0.3 is 14.6 Å². The summed E-state index contributed by atoms with van der Waals surface area (Å²) in [6.45, 7) is 2.21. The highest BCUT2D eigenvalue weighted by atomic mass is 16.6. The molecule has 0 saturated carbocycles. The number of aliphatic carboxylic acids is 1. The summed E-state index contributed by atoms with van der Waals surface area (Å²) in [4.78, 5) is 39.5. The zero-order valence-electron chi connectivity index (χ0n) is 31.4. The smallest absolute Gasteiger partial charge is 0.345 e. The number of carboxylic acid groups (broad SMARTS) is 1. The van der Waals surface area contributed by atoms with Gasteiger partial charge in [0.05, 0.1) is 11.1 Å². The molecule has 2 unspecified atom stereocenters. The average Bonchev–Trinajstić information content (AvgIpc) is 3.19. The van der Waals surface area contributed by atoms with Crippen molar-refractivity contribution < 1.29 is 29.0 Å². The summed E-state index contributed by atoms with van der Waals surface area (Å²) in [6.07, 6.45) is 11.9. The number of carbonyl (C=O) groups is 3. The summed E-state index contributed by atoms with van der Waals surface area (Å²) in [5.41, 5.74) is 1.07. The number of rotatable bonds is 20. The van der Waals surface area contributed by atoms with Crippen molar-refractivity contribution in [1.82, 2.24) is 0 Å². The molecule has 6 aromatic rings. The third kappa shape index (κ3) is 9.65. The predicted octanol–water partition coefficient (Wildman–Crippen LogP) is 12.6. The first-order valence-electron chi connectivity index (χ1n) is 19.9. The Hall–Kier alpha value is -5.23. The fourth-order valence-electron chi connectivity index (χ4n) is 7.75. The van der Waals surface area contributed by atoms with Gasteiger partial charge in [-0.15, -0.1) is 0 Å². The normalized spacial score (nSPS) is 12.6. The number of hydrogen-bond acceptors (Lipinski definition) is 5. The molecule has 1 N–H and O–H groups in total. The molecule has 0 aliphatic rings. The van der Waals surface area contributed by atoms with Crippen molar-refractivity contribution in [3.63, 3.8) is 0 Å². The molecular weight excluding hydrogens is 673 g/mol. The van der Waals surface area contributed by atoms with Gasteiger partial charge in [-0.1, -0.05) is 155 Å². The molecule has 2 atom stereocenters. The van der Waals surface area contributed by atoms with Crippen LogP contribution in [0, 0.1) is 0 Å². The lowest BCUT2D eigenvalue weighted by molar-refractivity contribution is -0.147. The highest BCUT2D eigenvalue weighted by Crippen LogP contribution is 2.32. The van der Waals surface area contributed by atoms with Crippen molar-refractivity contribution in [2.24, 2.45) is 0 Å². The Kier molecular flexibility index (Phi) is 13.7. The number of ether oxygens (including phenoxy) is 2. The van der Waals surface area contributed by atoms with Gasteiger partial charge in [-0.25, -0.2) is 14.4 Å². The second kappa shape index (κ2) is 19.2. The second-order valence-electron chi connectivity index (χ2n) is 14.5. The van der Waals surface area contributed by atoms with Crippen molar-refractivity contribution in [2.75, 3.05) is 0 Å². The summed E-state index contributed by atoms with van der Waals surface area (Å²) < 4.78 is 12.0. The molecule has 280 valence electrons. The molecule has 54 heavy (non-hydrogen) atoms. The van der Waals surface area contributed by atoms with Crippen LogP contribution in [0.2, 0.25) is 0 Å². The van der Waals surface area contributed by atoms with Crippen molar-refractivity contribution in [2.45, 2.75) is 109 Å². The monoisotopic (exact) mass is 724 g/mol. The van der Waals surface area contributed by atoms with Crippen LogP contribution in [0.4, 0.5) is 0 Å². The topological polar surface area (TPSA) is 89.9 Å². The molecule has 0 aliphatic carbocycles. The number of esters is 2. The minimum absolute atomic E-state index is 0.116. The maximum atomic E-state index is 13.8. The van der Waals surface area contributed by atoms with Crippen LogP contribution in [0.25, 0.3) is 43.1 Å². The van der Waals surface area contributed by atoms with Crippen LogP contribution < -0.4 is 0 Å². The first-order valence-corrected chi connectivity index (χ1v) is 19.9. The number of unbranched alkanes of at least 4 members (excludes halogenated alkanes) is 9. The molecule has 0 aromatic heterocycles. The minimum atomic E-state index is -1.20. The zero-order chi connectivity index (χ0) is 37.7. The van der Waals surface area contributed by atoms with E-state index in [0.29, 0.717) is 17.5 Å². The largest absolute Gasteiger partial charge is 0.479 e. The van der Waals surface area contributed by atoms with Gasteiger partial charge in [0, 0.05) is 0 Å². The lowest BCUT2D eigenvalue weighted by Gasteiger charge is -2.20. The number of fused-ring (bicyclic) bond motifs is 4. The van der Waals surface area contributed by atoms with Crippen molar-refractivity contribution in [1.29, 1.82) is 0 Å². The molecule has 0 amide bonds. The molecule has 0 fully saturated rings. The SMILES string of the molecule is CCCCCCC(CCCCCCCCCC(OC(=O)c1c2ccccc2cc2ccccc12)C(=O)O)OC(=O)c1c2ccccc2cc2ccccc12. The van der Waals surface area contributed by atoms with E-state index < -0.39 is 18.0 Å². The van der Waals surface area contributed by atoms with Crippen LogP contribution in [0.5, 0.6) is 0 Å².